The highest BCUT2D eigenvalue weighted by Gasteiger charge is 2.21. The van der Waals surface area contributed by atoms with Crippen molar-refractivity contribution in [3.63, 3.8) is 0 Å². The van der Waals surface area contributed by atoms with E-state index in [9.17, 15) is 5.11 Å². The van der Waals surface area contributed by atoms with Gasteiger partial charge in [-0.25, -0.2) is 13.8 Å². The van der Waals surface area contributed by atoms with Gasteiger partial charge in [-0.3, -0.25) is 0 Å². The first kappa shape index (κ1) is 24.3. The number of rotatable bonds is 8. The van der Waals surface area contributed by atoms with Crippen molar-refractivity contribution in [1.29, 1.82) is 10.5 Å². The predicted octanol–water partition coefficient (Wildman–Crippen LogP) is 5.43. The first-order valence-corrected chi connectivity index (χ1v) is 11.0. The minimum atomic E-state index is -0.799. The highest BCUT2D eigenvalue weighted by Crippen LogP contribution is 2.34. The maximum Gasteiger partial charge on any atom is 0.229 e. The maximum absolute atomic E-state index is 15.3. The highest BCUT2D eigenvalue weighted by molar-refractivity contribution is 5.71. The second kappa shape index (κ2) is 11.0. The number of aliphatic hydroxyl groups is 1. The number of benzene rings is 3. The van der Waals surface area contributed by atoms with E-state index < -0.39 is 11.6 Å². The molecular weight excluding hydrogens is 462 g/mol. The van der Waals surface area contributed by atoms with E-state index >= 15 is 8.78 Å². The van der Waals surface area contributed by atoms with Gasteiger partial charge in [0.1, 0.15) is 11.5 Å². The molecule has 7 nitrogen and oxygen atoms in total. The number of aromatic nitrogens is 2. The van der Waals surface area contributed by atoms with Crippen molar-refractivity contribution in [3.8, 4) is 23.3 Å². The molecule has 0 atom stereocenters. The zero-order valence-corrected chi connectivity index (χ0v) is 19.0. The van der Waals surface area contributed by atoms with E-state index in [1.54, 1.807) is 48.5 Å². The van der Waals surface area contributed by atoms with Crippen LogP contribution in [0.25, 0.3) is 11.1 Å². The molecule has 0 fully saturated rings. The third-order valence-corrected chi connectivity index (χ3v) is 5.36. The average Bonchev–Trinajstić information content (AvgIpc) is 2.90. The Balaban J connectivity index is 1.68. The minimum absolute atomic E-state index is 0.105. The zero-order chi connectivity index (χ0) is 25.5. The normalized spacial score (nSPS) is 10.4. The summed E-state index contributed by atoms with van der Waals surface area (Å²) in [6, 6.07) is 21.1. The molecular formula is C27H20F2N6O. The molecule has 0 amide bonds. The molecule has 0 aliphatic carbocycles. The number of hydrogen-bond donors (Lipinski definition) is 2. The molecule has 4 rings (SSSR count). The van der Waals surface area contributed by atoms with Gasteiger partial charge in [0.2, 0.25) is 5.95 Å². The molecule has 1 aromatic heterocycles. The van der Waals surface area contributed by atoms with Crippen LogP contribution in [-0.4, -0.2) is 28.2 Å². The number of hydrogen-bond acceptors (Lipinski definition) is 7. The van der Waals surface area contributed by atoms with Crippen LogP contribution in [0.1, 0.15) is 17.5 Å². The van der Waals surface area contributed by atoms with E-state index in [0.717, 1.165) is 0 Å². The SMILES string of the molecule is N#Cc1ccc(Nc2nccc(N(CCCO)c3c(F)cc(-c4ccc(C#N)cc4)cc3F)n2)cc1. The molecule has 2 N–H and O–H groups in total. The molecule has 0 radical (unpaired) electrons. The van der Waals surface area contributed by atoms with Gasteiger partial charge in [0.25, 0.3) is 0 Å². The summed E-state index contributed by atoms with van der Waals surface area (Å²) in [4.78, 5) is 9.94. The van der Waals surface area contributed by atoms with Gasteiger partial charge in [-0.1, -0.05) is 12.1 Å². The number of anilines is 4. The Bertz CT molecular complexity index is 1420. The Labute approximate surface area is 206 Å². The van der Waals surface area contributed by atoms with E-state index in [2.05, 4.69) is 15.3 Å². The van der Waals surface area contributed by atoms with Crippen LogP contribution in [-0.2, 0) is 0 Å². The standard InChI is InChI=1S/C27H20F2N6O/c28-23-14-21(20-6-2-18(16-30)3-7-20)15-24(29)26(23)35(12-1-13-36)25-10-11-32-27(34-25)33-22-8-4-19(17-31)5-9-22/h2-11,14-15,36H,1,12-13H2,(H,32,33,34). The average molecular weight is 482 g/mol. The fraction of sp³-hybridized carbons (Fsp3) is 0.111. The van der Waals surface area contributed by atoms with Crippen molar-refractivity contribution in [2.24, 2.45) is 0 Å². The van der Waals surface area contributed by atoms with E-state index in [-0.39, 0.29) is 37.0 Å². The quantitative estimate of drug-likeness (QED) is 0.345. The lowest BCUT2D eigenvalue weighted by Crippen LogP contribution is -2.23. The molecule has 4 aromatic rings. The van der Waals surface area contributed by atoms with Crippen molar-refractivity contribution in [3.05, 3.63) is 95.7 Å². The second-order valence-corrected chi connectivity index (χ2v) is 7.76. The second-order valence-electron chi connectivity index (χ2n) is 7.76. The molecule has 0 saturated carbocycles. The van der Waals surface area contributed by atoms with Crippen LogP contribution >= 0.6 is 0 Å². The molecule has 9 heteroatoms. The molecule has 3 aromatic carbocycles. The molecule has 178 valence electrons. The smallest absolute Gasteiger partial charge is 0.229 e. The third kappa shape index (κ3) is 5.44. The van der Waals surface area contributed by atoms with Crippen molar-refractivity contribution in [2.45, 2.75) is 6.42 Å². The Morgan fingerprint density at radius 2 is 1.47 bits per heavy atom. The van der Waals surface area contributed by atoms with E-state index in [1.165, 1.54) is 29.3 Å². The highest BCUT2D eigenvalue weighted by atomic mass is 19.1. The largest absolute Gasteiger partial charge is 0.396 e. The van der Waals surface area contributed by atoms with Gasteiger partial charge in [0, 0.05) is 25.0 Å². The number of nitrogens with zero attached hydrogens (tertiary/aromatic N) is 5. The monoisotopic (exact) mass is 482 g/mol. The first-order valence-electron chi connectivity index (χ1n) is 11.0. The molecule has 0 aliphatic heterocycles. The van der Waals surface area contributed by atoms with Gasteiger partial charge in [0.15, 0.2) is 11.6 Å². The predicted molar refractivity (Wildman–Crippen MR) is 132 cm³/mol. The molecule has 36 heavy (non-hydrogen) atoms. The van der Waals surface area contributed by atoms with Crippen LogP contribution < -0.4 is 10.2 Å². The summed E-state index contributed by atoms with van der Waals surface area (Å²) >= 11 is 0. The number of nitrogens with one attached hydrogen (secondary N) is 1. The van der Waals surface area contributed by atoms with Crippen LogP contribution in [0.5, 0.6) is 0 Å². The van der Waals surface area contributed by atoms with Gasteiger partial charge in [-0.2, -0.15) is 15.5 Å². The zero-order valence-electron chi connectivity index (χ0n) is 19.0. The molecule has 0 spiro atoms. The minimum Gasteiger partial charge on any atom is -0.396 e. The topological polar surface area (TPSA) is 109 Å². The molecule has 1 heterocycles. The molecule has 0 aliphatic rings. The van der Waals surface area contributed by atoms with Gasteiger partial charge < -0.3 is 15.3 Å². The summed E-state index contributed by atoms with van der Waals surface area (Å²) < 4.78 is 30.7. The van der Waals surface area contributed by atoms with Crippen molar-refractivity contribution in [1.82, 2.24) is 9.97 Å². The fourth-order valence-electron chi connectivity index (χ4n) is 3.61. The third-order valence-electron chi connectivity index (χ3n) is 5.36. The lowest BCUT2D eigenvalue weighted by atomic mass is 10.0. The van der Waals surface area contributed by atoms with E-state index in [0.29, 0.717) is 27.9 Å². The van der Waals surface area contributed by atoms with Crippen molar-refractivity contribution >= 4 is 23.1 Å². The van der Waals surface area contributed by atoms with Crippen LogP contribution in [0.4, 0.5) is 31.9 Å². The van der Waals surface area contributed by atoms with E-state index in [4.69, 9.17) is 10.5 Å². The van der Waals surface area contributed by atoms with E-state index in [1.807, 2.05) is 12.1 Å². The lowest BCUT2D eigenvalue weighted by molar-refractivity contribution is 0.290. The van der Waals surface area contributed by atoms with Crippen LogP contribution in [0, 0.1) is 34.3 Å². The Kier molecular flexibility index (Phi) is 7.45. The summed E-state index contributed by atoms with van der Waals surface area (Å²) in [6.45, 7) is -0.0711. The van der Waals surface area contributed by atoms with Crippen molar-refractivity contribution in [2.75, 3.05) is 23.4 Å². The first-order chi connectivity index (χ1) is 17.5. The molecule has 0 unspecified atom stereocenters. The summed E-state index contributed by atoms with van der Waals surface area (Å²) in [7, 11) is 0. The molecule has 0 saturated heterocycles. The Morgan fingerprint density at radius 1 is 0.861 bits per heavy atom. The van der Waals surface area contributed by atoms with Crippen molar-refractivity contribution < 1.29 is 13.9 Å². The fourth-order valence-corrected chi connectivity index (χ4v) is 3.61. The maximum atomic E-state index is 15.3. The Morgan fingerprint density at radius 3 is 2.06 bits per heavy atom. The number of nitriles is 2. The summed E-state index contributed by atoms with van der Waals surface area (Å²) in [5.41, 5.74) is 2.17. The number of aliphatic hydroxyl groups excluding tert-OH is 1. The summed E-state index contributed by atoms with van der Waals surface area (Å²) in [6.07, 6.45) is 1.71. The summed E-state index contributed by atoms with van der Waals surface area (Å²) in [5, 5.41) is 30.3. The van der Waals surface area contributed by atoms with Gasteiger partial charge in [0.05, 0.1) is 23.3 Å². The van der Waals surface area contributed by atoms with Crippen LogP contribution in [0.3, 0.4) is 0 Å². The van der Waals surface area contributed by atoms with Crippen LogP contribution in [0.2, 0.25) is 0 Å². The number of halogens is 2. The van der Waals surface area contributed by atoms with Gasteiger partial charge in [-0.15, -0.1) is 0 Å². The summed E-state index contributed by atoms with van der Waals surface area (Å²) in [5.74, 6) is -1.17. The van der Waals surface area contributed by atoms with Gasteiger partial charge in [-0.05, 0) is 72.1 Å². The van der Waals surface area contributed by atoms with Crippen LogP contribution in [0.15, 0.2) is 72.9 Å². The lowest BCUT2D eigenvalue weighted by Gasteiger charge is -2.25. The molecule has 0 bridgehead atoms. The Hall–Kier alpha value is -4.86. The van der Waals surface area contributed by atoms with Gasteiger partial charge >= 0.3 is 0 Å².